The van der Waals surface area contributed by atoms with Crippen molar-refractivity contribution in [2.45, 2.75) is 40.2 Å². The van der Waals surface area contributed by atoms with E-state index in [1.54, 1.807) is 0 Å². The Hall–Kier alpha value is -1.60. The lowest BCUT2D eigenvalue weighted by molar-refractivity contribution is -0.148. The molecule has 1 rings (SSSR count). The van der Waals surface area contributed by atoms with Crippen LogP contribution < -0.4 is 0 Å². The van der Waals surface area contributed by atoms with Crippen LogP contribution in [0.2, 0.25) is 0 Å². The Balaban J connectivity index is 2.73. The second kappa shape index (κ2) is 6.91. The van der Waals surface area contributed by atoms with Gasteiger partial charge in [-0.15, -0.1) is 6.42 Å². The molecule has 0 bridgehead atoms. The number of carbonyl (C=O) groups excluding carboxylic acids is 1. The number of terminal acetylenes is 1. The lowest BCUT2D eigenvalue weighted by atomic mass is 10.1. The number of carbonyl (C=O) groups is 1. The van der Waals surface area contributed by atoms with Gasteiger partial charge in [-0.05, 0) is 37.7 Å². The molecule has 21 heavy (non-hydrogen) atoms. The first-order chi connectivity index (χ1) is 9.75. The molecule has 4 heteroatoms. The fraction of sp³-hybridized carbons (Fsp3) is 0.588. The molecule has 1 fully saturated rings. The van der Waals surface area contributed by atoms with Crippen molar-refractivity contribution >= 4 is 5.97 Å². The summed E-state index contributed by atoms with van der Waals surface area (Å²) >= 11 is 0. The summed E-state index contributed by atoms with van der Waals surface area (Å²) in [4.78, 5) is 12.2. The molecule has 3 unspecified atom stereocenters. The zero-order valence-corrected chi connectivity index (χ0v) is 13.0. The molecule has 0 aromatic carbocycles. The maximum atomic E-state index is 13.7. The number of esters is 1. The van der Waals surface area contributed by atoms with Gasteiger partial charge in [0.25, 0.3) is 0 Å². The largest absolute Gasteiger partial charge is 0.441 e. The molecule has 1 aliphatic carbocycles. The number of ether oxygens (including phenoxy) is 1. The zero-order valence-electron chi connectivity index (χ0n) is 13.0. The highest BCUT2D eigenvalue weighted by molar-refractivity contribution is 5.79. The molecule has 0 radical (unpaired) electrons. The lowest BCUT2D eigenvalue weighted by Gasteiger charge is -2.11. The summed E-state index contributed by atoms with van der Waals surface area (Å²) in [6, 6.07) is 0. The monoisotopic (exact) mass is 294 g/mol. The summed E-state index contributed by atoms with van der Waals surface area (Å²) in [5, 5.41) is 8.66. The number of aliphatic hydroxyl groups excluding tert-OH is 1. The van der Waals surface area contributed by atoms with Gasteiger partial charge in [0.15, 0.2) is 0 Å². The van der Waals surface area contributed by atoms with Crippen LogP contribution >= 0.6 is 0 Å². The molecule has 0 aliphatic heterocycles. The van der Waals surface area contributed by atoms with Gasteiger partial charge in [-0.3, -0.25) is 4.79 Å². The molecule has 1 aliphatic rings. The maximum absolute atomic E-state index is 13.7. The van der Waals surface area contributed by atoms with Crippen molar-refractivity contribution in [3.8, 4) is 12.3 Å². The summed E-state index contributed by atoms with van der Waals surface area (Å²) in [5.74, 6) is 0.737. The van der Waals surface area contributed by atoms with Crippen molar-refractivity contribution in [1.29, 1.82) is 0 Å². The molecule has 3 atom stereocenters. The van der Waals surface area contributed by atoms with Crippen LogP contribution in [0.1, 0.15) is 34.1 Å². The fourth-order valence-electron chi connectivity index (χ4n) is 2.47. The minimum Gasteiger partial charge on any atom is -0.441 e. The van der Waals surface area contributed by atoms with Gasteiger partial charge in [0.1, 0.15) is 5.83 Å². The van der Waals surface area contributed by atoms with Gasteiger partial charge in [-0.1, -0.05) is 31.4 Å². The first-order valence-electron chi connectivity index (χ1n) is 7.03. The highest BCUT2D eigenvalue weighted by Gasteiger charge is 2.61. The number of rotatable bonds is 6. The van der Waals surface area contributed by atoms with Crippen molar-refractivity contribution in [3.63, 3.8) is 0 Å². The SMILES string of the molecule is C#CC(OC(=O)C1C(C=C(C)C)C1(C)C)/C(F)=C/CCO. The first-order valence-corrected chi connectivity index (χ1v) is 7.03. The Morgan fingerprint density at radius 2 is 2.14 bits per heavy atom. The number of hydrogen-bond acceptors (Lipinski definition) is 3. The molecule has 1 saturated carbocycles. The molecule has 3 nitrogen and oxygen atoms in total. The van der Waals surface area contributed by atoms with Crippen LogP contribution in [0.4, 0.5) is 4.39 Å². The molecule has 0 saturated heterocycles. The van der Waals surface area contributed by atoms with Crippen molar-refractivity contribution in [1.82, 2.24) is 0 Å². The third-order valence-electron chi connectivity index (χ3n) is 3.78. The van der Waals surface area contributed by atoms with Crippen LogP contribution in [0.5, 0.6) is 0 Å². The van der Waals surface area contributed by atoms with Crippen LogP contribution in [0, 0.1) is 29.6 Å². The van der Waals surface area contributed by atoms with Crippen LogP contribution in [0.15, 0.2) is 23.6 Å². The topological polar surface area (TPSA) is 46.5 Å². The van der Waals surface area contributed by atoms with E-state index in [2.05, 4.69) is 5.92 Å². The molecule has 1 N–H and O–H groups in total. The Bertz CT molecular complexity index is 493. The number of aliphatic hydroxyl groups is 1. The third kappa shape index (κ3) is 4.18. The second-order valence-electron chi connectivity index (χ2n) is 6.15. The van der Waals surface area contributed by atoms with Crippen LogP contribution in [0.3, 0.4) is 0 Å². The predicted octanol–water partition coefficient (Wildman–Crippen LogP) is 3.01. The Kier molecular flexibility index (Phi) is 5.74. The van der Waals surface area contributed by atoms with Gasteiger partial charge in [0, 0.05) is 6.61 Å². The third-order valence-corrected chi connectivity index (χ3v) is 3.78. The van der Waals surface area contributed by atoms with Crippen LogP contribution in [-0.2, 0) is 9.53 Å². The van der Waals surface area contributed by atoms with E-state index >= 15 is 0 Å². The summed E-state index contributed by atoms with van der Waals surface area (Å²) in [7, 11) is 0. The zero-order chi connectivity index (χ0) is 16.2. The van der Waals surface area contributed by atoms with Gasteiger partial charge < -0.3 is 9.84 Å². The summed E-state index contributed by atoms with van der Waals surface area (Å²) in [6.07, 6.45) is 7.22. The summed E-state index contributed by atoms with van der Waals surface area (Å²) in [5.41, 5.74) is 0.935. The van der Waals surface area contributed by atoms with Crippen molar-refractivity contribution < 1.29 is 19.0 Å². The normalized spacial score (nSPS) is 24.7. The Morgan fingerprint density at radius 3 is 2.62 bits per heavy atom. The van der Waals surface area contributed by atoms with E-state index in [-0.39, 0.29) is 30.3 Å². The van der Waals surface area contributed by atoms with Crippen molar-refractivity contribution in [2.75, 3.05) is 6.61 Å². The van der Waals surface area contributed by atoms with E-state index in [0.717, 1.165) is 11.6 Å². The maximum Gasteiger partial charge on any atom is 0.311 e. The number of allylic oxidation sites excluding steroid dienone is 2. The second-order valence-corrected chi connectivity index (χ2v) is 6.15. The van der Waals surface area contributed by atoms with Crippen molar-refractivity contribution in [2.24, 2.45) is 17.3 Å². The fourth-order valence-corrected chi connectivity index (χ4v) is 2.47. The van der Waals surface area contributed by atoms with E-state index in [1.807, 2.05) is 33.8 Å². The molecule has 0 spiro atoms. The standard InChI is InChI=1S/C17H23FO3/c1-6-14(13(18)8-7-9-19)21-16(20)15-12(10-11(2)3)17(15,4)5/h1,8,10,12,14-15,19H,7,9H2,2-5H3/b13-8-. The van der Waals surface area contributed by atoms with E-state index in [4.69, 9.17) is 16.3 Å². The Morgan fingerprint density at radius 1 is 1.52 bits per heavy atom. The van der Waals surface area contributed by atoms with Gasteiger partial charge in [0.2, 0.25) is 6.10 Å². The van der Waals surface area contributed by atoms with Crippen LogP contribution in [0.25, 0.3) is 0 Å². The Labute approximate surface area is 125 Å². The number of halogens is 1. The average Bonchev–Trinajstić information content (AvgIpc) is 2.93. The number of hydrogen-bond donors (Lipinski definition) is 1. The molecule has 0 aromatic heterocycles. The average molecular weight is 294 g/mol. The van der Waals surface area contributed by atoms with Gasteiger partial charge in [0.05, 0.1) is 5.92 Å². The molecular weight excluding hydrogens is 271 g/mol. The lowest BCUT2D eigenvalue weighted by Crippen LogP contribution is -2.20. The first kappa shape index (κ1) is 17.5. The van der Waals surface area contributed by atoms with E-state index in [9.17, 15) is 9.18 Å². The molecule has 0 aromatic rings. The smallest absolute Gasteiger partial charge is 0.311 e. The summed E-state index contributed by atoms with van der Waals surface area (Å²) in [6.45, 7) is 7.71. The van der Waals surface area contributed by atoms with Crippen molar-refractivity contribution in [3.05, 3.63) is 23.6 Å². The predicted molar refractivity (Wildman–Crippen MR) is 79.8 cm³/mol. The highest BCUT2D eigenvalue weighted by atomic mass is 19.1. The quantitative estimate of drug-likeness (QED) is 0.465. The highest BCUT2D eigenvalue weighted by Crippen LogP contribution is 2.59. The molecule has 0 amide bonds. The molecule has 0 heterocycles. The van der Waals surface area contributed by atoms with E-state index in [1.165, 1.54) is 0 Å². The minimum absolute atomic E-state index is 0.0953. The van der Waals surface area contributed by atoms with Gasteiger partial charge >= 0.3 is 5.97 Å². The molecule has 116 valence electrons. The minimum atomic E-state index is -1.31. The van der Waals surface area contributed by atoms with Crippen LogP contribution in [-0.4, -0.2) is 23.8 Å². The van der Waals surface area contributed by atoms with Gasteiger partial charge in [-0.2, -0.15) is 0 Å². The molecular formula is C17H23FO3. The summed E-state index contributed by atoms with van der Waals surface area (Å²) < 4.78 is 18.8. The van der Waals surface area contributed by atoms with E-state index in [0.29, 0.717) is 0 Å². The van der Waals surface area contributed by atoms with Gasteiger partial charge in [-0.25, -0.2) is 4.39 Å². The van der Waals surface area contributed by atoms with E-state index < -0.39 is 17.9 Å².